The van der Waals surface area contributed by atoms with E-state index in [9.17, 15) is 23.1 Å². The highest BCUT2D eigenvalue weighted by atomic mass is 32.2. The molecule has 1 aromatic rings. The van der Waals surface area contributed by atoms with Crippen LogP contribution in [0.4, 0.5) is 0 Å². The van der Waals surface area contributed by atoms with Crippen LogP contribution >= 0.6 is 0 Å². The zero-order valence-electron chi connectivity index (χ0n) is 13.9. The van der Waals surface area contributed by atoms with Crippen LogP contribution in [-0.4, -0.2) is 55.9 Å². The van der Waals surface area contributed by atoms with Gasteiger partial charge in [0, 0.05) is 27.1 Å². The second-order valence-corrected chi connectivity index (χ2v) is 7.08. The Balaban J connectivity index is 3.15. The van der Waals surface area contributed by atoms with Crippen LogP contribution in [0.25, 0.3) is 0 Å². The number of hydrogen-bond acceptors (Lipinski definition) is 5. The third-order valence-corrected chi connectivity index (χ3v) is 5.28. The highest BCUT2D eigenvalue weighted by molar-refractivity contribution is 7.89. The van der Waals surface area contributed by atoms with E-state index in [2.05, 4.69) is 5.32 Å². The second-order valence-electron chi connectivity index (χ2n) is 5.19. The Morgan fingerprint density at radius 2 is 2.04 bits per heavy atom. The summed E-state index contributed by atoms with van der Waals surface area (Å²) in [5.74, 6) is -1.59. The molecule has 134 valence electrons. The van der Waals surface area contributed by atoms with Gasteiger partial charge in [-0.15, -0.1) is 0 Å². The summed E-state index contributed by atoms with van der Waals surface area (Å²) in [6.45, 7) is 2.69. The molecule has 0 bridgehead atoms. The van der Waals surface area contributed by atoms with Crippen LogP contribution in [0.15, 0.2) is 29.2 Å². The molecule has 0 heterocycles. The Morgan fingerprint density at radius 3 is 2.58 bits per heavy atom. The van der Waals surface area contributed by atoms with Crippen molar-refractivity contribution in [3.8, 4) is 0 Å². The number of ether oxygens (including phenoxy) is 1. The van der Waals surface area contributed by atoms with E-state index in [1.807, 2.05) is 0 Å². The van der Waals surface area contributed by atoms with Crippen molar-refractivity contribution in [2.24, 2.45) is 0 Å². The van der Waals surface area contributed by atoms with Crippen molar-refractivity contribution in [3.05, 3.63) is 29.8 Å². The summed E-state index contributed by atoms with van der Waals surface area (Å²) in [7, 11) is -2.54. The quantitative estimate of drug-likeness (QED) is 0.662. The number of carbonyl (C=O) groups excluding carboxylic acids is 1. The zero-order valence-corrected chi connectivity index (χ0v) is 14.7. The lowest BCUT2D eigenvalue weighted by Crippen LogP contribution is -2.46. The number of carboxylic acids is 1. The number of amides is 1. The Kier molecular flexibility index (Phi) is 7.33. The Hall–Kier alpha value is -1.97. The number of nitrogens with zero attached hydrogens (tertiary/aromatic N) is 1. The minimum absolute atomic E-state index is 0.0178. The number of methoxy groups -OCH3 is 1. The first-order valence-electron chi connectivity index (χ1n) is 7.27. The molecule has 24 heavy (non-hydrogen) atoms. The summed E-state index contributed by atoms with van der Waals surface area (Å²) in [6, 6.07) is 4.85. The topological polar surface area (TPSA) is 113 Å². The maximum atomic E-state index is 12.8. The molecular weight excluding hydrogens is 336 g/mol. The molecular formula is C15H22N2O6S. The van der Waals surface area contributed by atoms with E-state index >= 15 is 0 Å². The summed E-state index contributed by atoms with van der Waals surface area (Å²) in [5.41, 5.74) is 0.656. The number of hydrogen-bond donors (Lipinski definition) is 2. The van der Waals surface area contributed by atoms with Gasteiger partial charge in [-0.25, -0.2) is 8.42 Å². The number of benzene rings is 1. The van der Waals surface area contributed by atoms with Gasteiger partial charge in [0.05, 0.1) is 11.5 Å². The van der Waals surface area contributed by atoms with E-state index in [-0.39, 0.29) is 30.5 Å². The minimum atomic E-state index is -4.04. The number of aliphatic carboxylic acids is 1. The first kappa shape index (κ1) is 20.1. The summed E-state index contributed by atoms with van der Waals surface area (Å²) in [6.07, 6.45) is 0. The van der Waals surface area contributed by atoms with Crippen LogP contribution in [0.3, 0.4) is 0 Å². The van der Waals surface area contributed by atoms with Crippen LogP contribution in [0.5, 0.6) is 0 Å². The van der Waals surface area contributed by atoms with Gasteiger partial charge in [0.15, 0.2) is 0 Å². The molecule has 0 aliphatic heterocycles. The Bertz CT molecular complexity index is 689. The lowest BCUT2D eigenvalue weighted by molar-refractivity contribution is -0.140. The molecule has 1 atom stereocenters. The predicted molar refractivity (Wildman–Crippen MR) is 86.8 cm³/mol. The highest BCUT2D eigenvalue weighted by Gasteiger charge is 2.32. The van der Waals surface area contributed by atoms with E-state index in [0.29, 0.717) is 5.56 Å². The number of nitrogens with one attached hydrogen (secondary N) is 1. The SMILES string of the molecule is COCc1cccc(S(=O)(=O)N(CCNC(C)=O)C(C)C(=O)O)c1. The molecule has 0 spiro atoms. The number of rotatable bonds is 9. The van der Waals surface area contributed by atoms with Gasteiger partial charge in [0.1, 0.15) is 6.04 Å². The second kappa shape index (κ2) is 8.76. The van der Waals surface area contributed by atoms with Gasteiger partial charge < -0.3 is 15.2 Å². The maximum Gasteiger partial charge on any atom is 0.321 e. The van der Waals surface area contributed by atoms with Crippen molar-refractivity contribution < 1.29 is 27.9 Å². The number of carbonyl (C=O) groups is 2. The highest BCUT2D eigenvalue weighted by Crippen LogP contribution is 2.20. The van der Waals surface area contributed by atoms with E-state index in [4.69, 9.17) is 4.74 Å². The molecule has 9 heteroatoms. The molecule has 0 saturated carbocycles. The van der Waals surface area contributed by atoms with E-state index in [0.717, 1.165) is 4.31 Å². The third-order valence-electron chi connectivity index (χ3n) is 3.31. The van der Waals surface area contributed by atoms with Gasteiger partial charge in [0.25, 0.3) is 0 Å². The fraction of sp³-hybridized carbons (Fsp3) is 0.467. The molecule has 1 aromatic carbocycles. The summed E-state index contributed by atoms with van der Waals surface area (Å²) in [4.78, 5) is 22.2. The number of carboxylic acid groups (broad SMARTS) is 1. The third kappa shape index (κ3) is 5.29. The molecule has 1 unspecified atom stereocenters. The molecule has 1 amide bonds. The van der Waals surface area contributed by atoms with Gasteiger partial charge in [-0.2, -0.15) is 4.31 Å². The van der Waals surface area contributed by atoms with Gasteiger partial charge >= 0.3 is 5.97 Å². The Labute approximate surface area is 141 Å². The predicted octanol–water partition coefficient (Wildman–Crippen LogP) is 0.433. The summed E-state index contributed by atoms with van der Waals surface area (Å²) in [5, 5.41) is 11.7. The monoisotopic (exact) mass is 358 g/mol. The summed E-state index contributed by atoms with van der Waals surface area (Å²) < 4.78 is 31.5. The lowest BCUT2D eigenvalue weighted by Gasteiger charge is -2.26. The van der Waals surface area contributed by atoms with Crippen LogP contribution in [0, 0.1) is 0 Å². The smallest absolute Gasteiger partial charge is 0.321 e. The van der Waals surface area contributed by atoms with Crippen LogP contribution in [0.1, 0.15) is 19.4 Å². The van der Waals surface area contributed by atoms with Crippen molar-refractivity contribution in [1.82, 2.24) is 9.62 Å². The molecule has 0 radical (unpaired) electrons. The molecule has 8 nitrogen and oxygen atoms in total. The van der Waals surface area contributed by atoms with E-state index in [1.54, 1.807) is 12.1 Å². The van der Waals surface area contributed by atoms with Gasteiger partial charge in [-0.1, -0.05) is 12.1 Å². The summed E-state index contributed by atoms with van der Waals surface area (Å²) >= 11 is 0. The fourth-order valence-corrected chi connectivity index (χ4v) is 3.74. The molecule has 0 fully saturated rings. The van der Waals surface area contributed by atoms with Crippen molar-refractivity contribution >= 4 is 21.9 Å². The van der Waals surface area contributed by atoms with Crippen LogP contribution in [0.2, 0.25) is 0 Å². The normalized spacial score (nSPS) is 12.8. The van der Waals surface area contributed by atoms with Crippen molar-refractivity contribution in [3.63, 3.8) is 0 Å². The van der Waals surface area contributed by atoms with Gasteiger partial charge in [-0.3, -0.25) is 9.59 Å². The average molecular weight is 358 g/mol. The minimum Gasteiger partial charge on any atom is -0.480 e. The first-order valence-corrected chi connectivity index (χ1v) is 8.71. The molecule has 0 saturated heterocycles. The van der Waals surface area contributed by atoms with Gasteiger partial charge in [0.2, 0.25) is 15.9 Å². The Morgan fingerprint density at radius 1 is 1.38 bits per heavy atom. The maximum absolute atomic E-state index is 12.8. The fourth-order valence-electron chi connectivity index (χ4n) is 2.09. The van der Waals surface area contributed by atoms with E-state index in [1.165, 1.54) is 33.1 Å². The largest absolute Gasteiger partial charge is 0.480 e. The molecule has 2 N–H and O–H groups in total. The van der Waals surface area contributed by atoms with Gasteiger partial charge in [-0.05, 0) is 24.6 Å². The molecule has 0 aliphatic carbocycles. The van der Waals surface area contributed by atoms with Crippen LogP contribution in [-0.2, 0) is 31.0 Å². The molecule has 0 aliphatic rings. The lowest BCUT2D eigenvalue weighted by atomic mass is 10.2. The number of sulfonamides is 1. The first-order chi connectivity index (χ1) is 11.2. The zero-order chi connectivity index (χ0) is 18.3. The van der Waals surface area contributed by atoms with Crippen LogP contribution < -0.4 is 5.32 Å². The van der Waals surface area contributed by atoms with Crippen molar-refractivity contribution in [2.45, 2.75) is 31.4 Å². The van der Waals surface area contributed by atoms with Crippen molar-refractivity contribution in [2.75, 3.05) is 20.2 Å². The van der Waals surface area contributed by atoms with Crippen molar-refractivity contribution in [1.29, 1.82) is 0 Å². The molecule has 0 aromatic heterocycles. The molecule has 1 rings (SSSR count). The van der Waals surface area contributed by atoms with E-state index < -0.39 is 22.0 Å². The average Bonchev–Trinajstić information content (AvgIpc) is 2.51. The standard InChI is InChI=1S/C15H22N2O6S/c1-11(15(19)20)17(8-7-16-12(2)18)24(21,22)14-6-4-5-13(9-14)10-23-3/h4-6,9,11H,7-8,10H2,1-3H3,(H,16,18)(H,19,20).